The third kappa shape index (κ3) is 2.98. The van der Waals surface area contributed by atoms with Gasteiger partial charge in [0.1, 0.15) is 11.6 Å². The first kappa shape index (κ1) is 15.4. The molecule has 1 aromatic heterocycles. The fourth-order valence-electron chi connectivity index (χ4n) is 4.88. The van der Waals surface area contributed by atoms with Gasteiger partial charge in [0.15, 0.2) is 0 Å². The standard InChI is InChI=1S/C19H30N4/c1-14-6-3-7-15(2)17(14)13-22-10-4-8-16(12-22)19-21-20-18-9-5-11-23(18)19/h6,15-17H,3-5,7-13H2,1-2H3/t15-,16+,17-/m0/s1. The number of hydrogen-bond acceptors (Lipinski definition) is 3. The lowest BCUT2D eigenvalue weighted by Crippen LogP contribution is -2.40. The molecule has 3 heterocycles. The van der Waals surface area contributed by atoms with E-state index in [0.717, 1.165) is 24.8 Å². The van der Waals surface area contributed by atoms with Gasteiger partial charge >= 0.3 is 0 Å². The molecule has 3 atom stereocenters. The molecule has 4 rings (SSSR count). The summed E-state index contributed by atoms with van der Waals surface area (Å²) in [5.41, 5.74) is 1.62. The van der Waals surface area contributed by atoms with Gasteiger partial charge in [-0.3, -0.25) is 0 Å². The molecule has 0 saturated carbocycles. The number of allylic oxidation sites excluding steroid dienone is 1. The number of likely N-dealkylation sites (tertiary alicyclic amines) is 1. The zero-order valence-electron chi connectivity index (χ0n) is 14.7. The Morgan fingerprint density at radius 2 is 2.09 bits per heavy atom. The van der Waals surface area contributed by atoms with Crippen molar-refractivity contribution in [2.45, 2.75) is 64.8 Å². The Kier molecular flexibility index (Phi) is 4.27. The van der Waals surface area contributed by atoms with Crippen molar-refractivity contribution in [2.75, 3.05) is 19.6 Å². The van der Waals surface area contributed by atoms with Crippen LogP contribution < -0.4 is 0 Å². The quantitative estimate of drug-likeness (QED) is 0.802. The predicted octanol–water partition coefficient (Wildman–Crippen LogP) is 3.40. The second-order valence-electron chi connectivity index (χ2n) is 7.94. The molecule has 0 N–H and O–H groups in total. The Morgan fingerprint density at radius 1 is 1.17 bits per heavy atom. The molecule has 2 aliphatic heterocycles. The molecule has 0 spiro atoms. The maximum Gasteiger partial charge on any atom is 0.137 e. The average Bonchev–Trinajstić information content (AvgIpc) is 3.14. The van der Waals surface area contributed by atoms with Crippen LogP contribution in [0.5, 0.6) is 0 Å². The molecular weight excluding hydrogens is 284 g/mol. The van der Waals surface area contributed by atoms with Crippen molar-refractivity contribution < 1.29 is 0 Å². The van der Waals surface area contributed by atoms with Crippen LogP contribution in [0.1, 0.15) is 63.5 Å². The topological polar surface area (TPSA) is 34.0 Å². The number of piperidine rings is 1. The number of hydrogen-bond donors (Lipinski definition) is 0. The van der Waals surface area contributed by atoms with Gasteiger partial charge in [0.2, 0.25) is 0 Å². The van der Waals surface area contributed by atoms with E-state index in [1.54, 1.807) is 5.57 Å². The summed E-state index contributed by atoms with van der Waals surface area (Å²) in [4.78, 5) is 2.70. The summed E-state index contributed by atoms with van der Waals surface area (Å²) in [6, 6.07) is 0. The van der Waals surface area contributed by atoms with Gasteiger partial charge in [0.05, 0.1) is 0 Å². The maximum atomic E-state index is 4.55. The Labute approximate surface area is 140 Å². The molecule has 1 aliphatic carbocycles. The van der Waals surface area contributed by atoms with Crippen molar-refractivity contribution in [3.8, 4) is 0 Å². The van der Waals surface area contributed by atoms with Crippen molar-refractivity contribution in [3.63, 3.8) is 0 Å². The van der Waals surface area contributed by atoms with Gasteiger partial charge in [0.25, 0.3) is 0 Å². The van der Waals surface area contributed by atoms with E-state index < -0.39 is 0 Å². The molecule has 126 valence electrons. The normalized spacial score (nSPS) is 31.9. The summed E-state index contributed by atoms with van der Waals surface area (Å²) in [5.74, 6) is 4.67. The van der Waals surface area contributed by atoms with E-state index in [9.17, 15) is 0 Å². The highest BCUT2D eigenvalue weighted by molar-refractivity contribution is 5.11. The van der Waals surface area contributed by atoms with Crippen LogP contribution in [0, 0.1) is 11.8 Å². The number of rotatable bonds is 3. The number of aromatic nitrogens is 3. The smallest absolute Gasteiger partial charge is 0.137 e. The lowest BCUT2D eigenvalue weighted by Gasteiger charge is -2.38. The highest BCUT2D eigenvalue weighted by Gasteiger charge is 2.31. The summed E-state index contributed by atoms with van der Waals surface area (Å²) in [6.45, 7) is 9.58. The summed E-state index contributed by atoms with van der Waals surface area (Å²) >= 11 is 0. The molecule has 0 bridgehead atoms. The van der Waals surface area contributed by atoms with E-state index in [2.05, 4.69) is 39.6 Å². The van der Waals surface area contributed by atoms with Gasteiger partial charge < -0.3 is 9.47 Å². The summed E-state index contributed by atoms with van der Waals surface area (Å²) in [7, 11) is 0. The fourth-order valence-corrected chi connectivity index (χ4v) is 4.88. The van der Waals surface area contributed by atoms with Crippen LogP contribution in [-0.4, -0.2) is 39.3 Å². The zero-order valence-corrected chi connectivity index (χ0v) is 14.7. The number of fused-ring (bicyclic) bond motifs is 1. The molecule has 23 heavy (non-hydrogen) atoms. The Bertz CT molecular complexity index is 588. The lowest BCUT2D eigenvalue weighted by molar-refractivity contribution is 0.160. The maximum absolute atomic E-state index is 4.55. The van der Waals surface area contributed by atoms with Crippen molar-refractivity contribution in [1.29, 1.82) is 0 Å². The third-order valence-corrected chi connectivity index (χ3v) is 6.32. The predicted molar refractivity (Wildman–Crippen MR) is 92.4 cm³/mol. The van der Waals surface area contributed by atoms with Gasteiger partial charge in [-0.15, -0.1) is 10.2 Å². The van der Waals surface area contributed by atoms with Crippen LogP contribution in [0.15, 0.2) is 11.6 Å². The molecule has 4 nitrogen and oxygen atoms in total. The van der Waals surface area contributed by atoms with E-state index in [1.165, 1.54) is 63.4 Å². The van der Waals surface area contributed by atoms with Crippen LogP contribution in [0.3, 0.4) is 0 Å². The van der Waals surface area contributed by atoms with Crippen LogP contribution in [0.2, 0.25) is 0 Å². The van der Waals surface area contributed by atoms with Crippen molar-refractivity contribution in [1.82, 2.24) is 19.7 Å². The monoisotopic (exact) mass is 314 g/mol. The van der Waals surface area contributed by atoms with E-state index in [-0.39, 0.29) is 0 Å². The molecule has 0 radical (unpaired) electrons. The summed E-state index contributed by atoms with van der Waals surface area (Å²) in [5, 5.41) is 8.97. The Hall–Kier alpha value is -1.16. The molecule has 1 aromatic rings. The summed E-state index contributed by atoms with van der Waals surface area (Å²) < 4.78 is 2.41. The van der Waals surface area contributed by atoms with Crippen molar-refractivity contribution in [2.24, 2.45) is 11.8 Å². The van der Waals surface area contributed by atoms with E-state index >= 15 is 0 Å². The minimum absolute atomic E-state index is 0.589. The van der Waals surface area contributed by atoms with Gasteiger partial charge in [-0.25, -0.2) is 0 Å². The molecule has 1 fully saturated rings. The Balaban J connectivity index is 1.45. The van der Waals surface area contributed by atoms with Gasteiger partial charge in [0, 0.05) is 32.0 Å². The number of aryl methyl sites for hydroxylation is 1. The fraction of sp³-hybridized carbons (Fsp3) is 0.789. The molecular formula is C19H30N4. The molecule has 1 saturated heterocycles. The van der Waals surface area contributed by atoms with Crippen LogP contribution in [0.25, 0.3) is 0 Å². The number of nitrogens with zero attached hydrogens (tertiary/aromatic N) is 4. The zero-order chi connectivity index (χ0) is 15.8. The third-order valence-electron chi connectivity index (χ3n) is 6.32. The van der Waals surface area contributed by atoms with Crippen molar-refractivity contribution in [3.05, 3.63) is 23.3 Å². The summed E-state index contributed by atoms with van der Waals surface area (Å²) in [6.07, 6.45) is 10.1. The van der Waals surface area contributed by atoms with Crippen LogP contribution in [-0.2, 0) is 13.0 Å². The second kappa shape index (κ2) is 6.39. The molecule has 3 aliphatic rings. The van der Waals surface area contributed by atoms with Gasteiger partial charge in [-0.1, -0.05) is 18.6 Å². The van der Waals surface area contributed by atoms with Crippen LogP contribution in [0.4, 0.5) is 0 Å². The van der Waals surface area contributed by atoms with E-state index in [4.69, 9.17) is 0 Å². The highest BCUT2D eigenvalue weighted by atomic mass is 15.3. The minimum Gasteiger partial charge on any atom is -0.315 e. The first-order valence-corrected chi connectivity index (χ1v) is 9.53. The SMILES string of the molecule is CC1=CCC[C@H](C)[C@H]1CN1CCC[C@@H](c2nnc3n2CCC3)C1. The van der Waals surface area contributed by atoms with E-state index in [0.29, 0.717) is 5.92 Å². The van der Waals surface area contributed by atoms with Gasteiger partial charge in [-0.05, 0) is 57.4 Å². The molecule has 0 aromatic carbocycles. The minimum atomic E-state index is 0.589. The average molecular weight is 314 g/mol. The molecule has 4 heteroatoms. The highest BCUT2D eigenvalue weighted by Crippen LogP contribution is 2.33. The Morgan fingerprint density at radius 3 is 2.96 bits per heavy atom. The van der Waals surface area contributed by atoms with Crippen molar-refractivity contribution >= 4 is 0 Å². The second-order valence-corrected chi connectivity index (χ2v) is 7.94. The first-order valence-electron chi connectivity index (χ1n) is 9.53. The molecule has 0 amide bonds. The lowest BCUT2D eigenvalue weighted by atomic mass is 9.79. The van der Waals surface area contributed by atoms with Crippen LogP contribution >= 0.6 is 0 Å². The van der Waals surface area contributed by atoms with E-state index in [1.807, 2.05) is 0 Å². The van der Waals surface area contributed by atoms with Gasteiger partial charge in [-0.2, -0.15) is 0 Å². The largest absolute Gasteiger partial charge is 0.315 e. The first-order chi connectivity index (χ1) is 11.2. The molecule has 0 unspecified atom stereocenters.